The molecule has 0 heterocycles. The molecule has 0 N–H and O–H groups in total. The summed E-state index contributed by atoms with van der Waals surface area (Å²) in [5.74, 6) is -3.63. The summed E-state index contributed by atoms with van der Waals surface area (Å²) in [5.41, 5.74) is 0.0844. The van der Waals surface area contributed by atoms with Crippen molar-refractivity contribution in [3.63, 3.8) is 0 Å². The van der Waals surface area contributed by atoms with E-state index in [-0.39, 0.29) is 28.4 Å². The fraction of sp³-hybridized carbons (Fsp3) is 0.263. The number of carbonyl (C=O) groups is 2. The molecule has 6 nitrogen and oxygen atoms in total. The van der Waals surface area contributed by atoms with E-state index >= 15 is 0 Å². The number of nitrogens with zero attached hydrogens (tertiary/aromatic N) is 1. The summed E-state index contributed by atoms with van der Waals surface area (Å²) < 4.78 is 58.6. The van der Waals surface area contributed by atoms with Gasteiger partial charge in [-0.15, -0.1) is 0 Å². The minimum absolute atomic E-state index is 0.0350. The van der Waals surface area contributed by atoms with Crippen LogP contribution < -0.4 is 0 Å². The number of sulfonamides is 1. The number of Topliss-reactive ketones (excluding diaryl/α,β-unsaturated/α-hetero) is 1. The first-order valence-corrected chi connectivity index (χ1v) is 9.74. The third kappa shape index (κ3) is 4.42. The average Bonchev–Trinajstić information content (AvgIpc) is 2.65. The van der Waals surface area contributed by atoms with Crippen molar-refractivity contribution in [2.45, 2.75) is 24.8 Å². The van der Waals surface area contributed by atoms with Gasteiger partial charge in [-0.1, -0.05) is 18.2 Å². The number of ketones is 1. The summed E-state index contributed by atoms with van der Waals surface area (Å²) in [6.07, 6.45) is 0. The minimum atomic E-state index is -4.26. The van der Waals surface area contributed by atoms with Crippen LogP contribution in [0, 0.1) is 11.6 Å². The Balaban J connectivity index is 2.55. The number of hydrogen-bond acceptors (Lipinski definition) is 5. The fourth-order valence-electron chi connectivity index (χ4n) is 2.58. The Morgan fingerprint density at radius 2 is 1.79 bits per heavy atom. The highest BCUT2D eigenvalue weighted by atomic mass is 32.2. The maximum atomic E-state index is 13.7. The Morgan fingerprint density at radius 3 is 2.36 bits per heavy atom. The first-order valence-electron chi connectivity index (χ1n) is 8.30. The normalized spacial score (nSPS) is 12.6. The molecule has 0 aromatic heterocycles. The Hall–Kier alpha value is -2.65. The number of benzene rings is 2. The lowest BCUT2D eigenvalue weighted by Gasteiger charge is -2.26. The molecule has 0 bridgehead atoms. The van der Waals surface area contributed by atoms with Crippen LogP contribution in [-0.4, -0.2) is 38.1 Å². The Bertz CT molecular complexity index is 1010. The maximum absolute atomic E-state index is 13.7. The number of rotatable bonds is 7. The molecule has 2 rings (SSSR count). The fourth-order valence-corrected chi connectivity index (χ4v) is 3.92. The molecule has 0 saturated heterocycles. The predicted octanol–water partition coefficient (Wildman–Crippen LogP) is 3.09. The molecule has 0 aliphatic carbocycles. The van der Waals surface area contributed by atoms with Gasteiger partial charge in [0, 0.05) is 12.6 Å². The van der Waals surface area contributed by atoms with Crippen LogP contribution in [0.3, 0.4) is 0 Å². The second-order valence-electron chi connectivity index (χ2n) is 5.93. The van der Waals surface area contributed by atoms with Crippen LogP contribution in [0.2, 0.25) is 0 Å². The molecule has 1 atom stereocenters. The first kappa shape index (κ1) is 21.6. The Morgan fingerprint density at radius 1 is 1.11 bits per heavy atom. The maximum Gasteiger partial charge on any atom is 0.329 e. The van der Waals surface area contributed by atoms with Crippen LogP contribution in [0.5, 0.6) is 0 Å². The SMILES string of the molecule is CCOC(=O)[C@@H](c1ccc(F)c(F)c1)N(C)S(=O)(=O)c1cccc(C(C)=O)c1. The number of ether oxygens (including phenoxy) is 1. The summed E-state index contributed by atoms with van der Waals surface area (Å²) in [7, 11) is -3.14. The predicted molar refractivity (Wildman–Crippen MR) is 97.1 cm³/mol. The molecule has 0 unspecified atom stereocenters. The molecule has 0 saturated carbocycles. The lowest BCUT2D eigenvalue weighted by molar-refractivity contribution is -0.147. The Kier molecular flexibility index (Phi) is 6.63. The third-order valence-electron chi connectivity index (χ3n) is 4.05. The molecule has 2 aromatic rings. The number of likely N-dealkylation sites (N-methyl/N-ethyl adjacent to an activating group) is 1. The van der Waals surface area contributed by atoms with Gasteiger partial charge in [0.25, 0.3) is 0 Å². The summed E-state index contributed by atoms with van der Waals surface area (Å²) in [6.45, 7) is 2.79. The third-order valence-corrected chi connectivity index (χ3v) is 5.87. The van der Waals surface area contributed by atoms with Gasteiger partial charge in [-0.3, -0.25) is 4.79 Å². The second kappa shape index (κ2) is 8.57. The topological polar surface area (TPSA) is 80.8 Å². The van der Waals surface area contributed by atoms with E-state index in [4.69, 9.17) is 4.74 Å². The van der Waals surface area contributed by atoms with Gasteiger partial charge in [-0.25, -0.2) is 22.0 Å². The van der Waals surface area contributed by atoms with Crippen molar-refractivity contribution in [3.8, 4) is 0 Å². The van der Waals surface area contributed by atoms with Gasteiger partial charge >= 0.3 is 5.97 Å². The van der Waals surface area contributed by atoms with Crippen LogP contribution in [-0.2, 0) is 19.6 Å². The Labute approximate surface area is 161 Å². The van der Waals surface area contributed by atoms with Gasteiger partial charge < -0.3 is 4.74 Å². The number of hydrogen-bond donors (Lipinski definition) is 0. The molecule has 0 amide bonds. The molecular weight excluding hydrogens is 392 g/mol. The van der Waals surface area contributed by atoms with E-state index in [1.165, 1.54) is 38.1 Å². The first-order chi connectivity index (χ1) is 13.1. The quantitative estimate of drug-likeness (QED) is 0.517. The zero-order valence-corrected chi connectivity index (χ0v) is 16.3. The van der Waals surface area contributed by atoms with Crippen molar-refractivity contribution in [2.75, 3.05) is 13.7 Å². The zero-order chi connectivity index (χ0) is 21.1. The molecular formula is C19H19F2NO5S. The molecule has 0 fully saturated rings. The molecule has 150 valence electrons. The van der Waals surface area contributed by atoms with E-state index in [0.717, 1.165) is 25.2 Å². The van der Waals surface area contributed by atoms with E-state index in [9.17, 15) is 26.8 Å². The van der Waals surface area contributed by atoms with Gasteiger partial charge in [-0.2, -0.15) is 4.31 Å². The van der Waals surface area contributed by atoms with Crippen molar-refractivity contribution in [1.82, 2.24) is 4.31 Å². The summed E-state index contributed by atoms with van der Waals surface area (Å²) >= 11 is 0. The van der Waals surface area contributed by atoms with Crippen LogP contribution >= 0.6 is 0 Å². The van der Waals surface area contributed by atoms with Crippen LogP contribution in [0.1, 0.15) is 35.8 Å². The van der Waals surface area contributed by atoms with Gasteiger partial charge in [0.2, 0.25) is 10.0 Å². The highest BCUT2D eigenvalue weighted by Gasteiger charge is 2.36. The number of esters is 1. The van der Waals surface area contributed by atoms with E-state index < -0.39 is 33.7 Å². The van der Waals surface area contributed by atoms with Gasteiger partial charge in [0.1, 0.15) is 6.04 Å². The van der Waals surface area contributed by atoms with Crippen molar-refractivity contribution in [2.24, 2.45) is 0 Å². The molecule has 2 aromatic carbocycles. The largest absolute Gasteiger partial charge is 0.465 e. The highest BCUT2D eigenvalue weighted by Crippen LogP contribution is 2.29. The second-order valence-corrected chi connectivity index (χ2v) is 7.93. The highest BCUT2D eigenvalue weighted by molar-refractivity contribution is 7.89. The van der Waals surface area contributed by atoms with E-state index in [1.807, 2.05) is 0 Å². The number of carbonyl (C=O) groups excluding carboxylic acids is 2. The molecule has 0 aliphatic rings. The van der Waals surface area contributed by atoms with E-state index in [1.54, 1.807) is 0 Å². The summed E-state index contributed by atoms with van der Waals surface area (Å²) in [4.78, 5) is 23.8. The molecule has 9 heteroatoms. The van der Waals surface area contributed by atoms with Crippen LogP contribution in [0.25, 0.3) is 0 Å². The number of halogens is 2. The lowest BCUT2D eigenvalue weighted by atomic mass is 10.1. The van der Waals surface area contributed by atoms with Crippen molar-refractivity contribution in [1.29, 1.82) is 0 Å². The summed E-state index contributed by atoms with van der Waals surface area (Å²) in [5, 5.41) is 0. The average molecular weight is 411 g/mol. The minimum Gasteiger partial charge on any atom is -0.465 e. The van der Waals surface area contributed by atoms with Crippen molar-refractivity contribution >= 4 is 21.8 Å². The summed E-state index contributed by atoms with van der Waals surface area (Å²) in [6, 6.07) is 6.42. The zero-order valence-electron chi connectivity index (χ0n) is 15.5. The van der Waals surface area contributed by atoms with Crippen LogP contribution in [0.15, 0.2) is 47.4 Å². The van der Waals surface area contributed by atoms with Crippen molar-refractivity contribution in [3.05, 3.63) is 65.2 Å². The van der Waals surface area contributed by atoms with Crippen molar-refractivity contribution < 1.29 is 31.5 Å². The lowest BCUT2D eigenvalue weighted by Crippen LogP contribution is -2.37. The molecule has 0 radical (unpaired) electrons. The smallest absolute Gasteiger partial charge is 0.329 e. The standard InChI is InChI=1S/C19H19F2NO5S/c1-4-27-19(24)18(14-8-9-16(20)17(21)11-14)22(3)28(25,26)15-7-5-6-13(10-15)12(2)23/h5-11,18H,4H2,1-3H3/t18-/m1/s1. The van der Waals surface area contributed by atoms with Gasteiger partial charge in [0.15, 0.2) is 17.4 Å². The molecule has 28 heavy (non-hydrogen) atoms. The molecule has 0 spiro atoms. The van der Waals surface area contributed by atoms with E-state index in [2.05, 4.69) is 0 Å². The van der Waals surface area contributed by atoms with Gasteiger partial charge in [0.05, 0.1) is 11.5 Å². The molecule has 0 aliphatic heterocycles. The monoisotopic (exact) mass is 411 g/mol. The van der Waals surface area contributed by atoms with Gasteiger partial charge in [-0.05, 0) is 43.7 Å². The van der Waals surface area contributed by atoms with Crippen LogP contribution in [0.4, 0.5) is 8.78 Å². The van der Waals surface area contributed by atoms with E-state index in [0.29, 0.717) is 4.31 Å².